The molecular weight excluding hydrogens is 222 g/mol. The molecule has 0 aliphatic heterocycles. The first kappa shape index (κ1) is 11.9. The number of hydrogen-bond acceptors (Lipinski definition) is 2. The van der Waals surface area contributed by atoms with Gasteiger partial charge in [0.25, 0.3) is 0 Å². The number of aromatic nitrogens is 1. The van der Waals surface area contributed by atoms with E-state index in [2.05, 4.69) is 11.1 Å². The molecule has 0 spiro atoms. The first-order chi connectivity index (χ1) is 8.86. The molecule has 0 aromatic carbocycles. The van der Waals surface area contributed by atoms with Crippen molar-refractivity contribution < 1.29 is 4.79 Å². The van der Waals surface area contributed by atoms with E-state index in [1.54, 1.807) is 0 Å². The fourth-order valence-electron chi connectivity index (χ4n) is 3.54. The number of carbonyl (C=O) groups is 1. The van der Waals surface area contributed by atoms with Crippen molar-refractivity contribution in [3.63, 3.8) is 0 Å². The molecule has 2 nitrogen and oxygen atoms in total. The fraction of sp³-hybridized carbons (Fsp3) is 0.625. The molecule has 0 bridgehead atoms. The van der Waals surface area contributed by atoms with Crippen LogP contribution < -0.4 is 0 Å². The van der Waals surface area contributed by atoms with Gasteiger partial charge >= 0.3 is 0 Å². The Morgan fingerprint density at radius 1 is 1.11 bits per heavy atom. The molecule has 18 heavy (non-hydrogen) atoms. The van der Waals surface area contributed by atoms with Crippen molar-refractivity contribution in [2.75, 3.05) is 0 Å². The van der Waals surface area contributed by atoms with Gasteiger partial charge in [0.2, 0.25) is 0 Å². The highest BCUT2D eigenvalue weighted by Gasteiger charge is 2.33. The lowest BCUT2D eigenvalue weighted by Crippen LogP contribution is -2.21. The van der Waals surface area contributed by atoms with Crippen molar-refractivity contribution >= 4 is 5.78 Å². The van der Waals surface area contributed by atoms with Crippen molar-refractivity contribution in [2.45, 2.75) is 57.3 Å². The van der Waals surface area contributed by atoms with Gasteiger partial charge in [-0.1, -0.05) is 31.7 Å². The van der Waals surface area contributed by atoms with Gasteiger partial charge in [-0.25, -0.2) is 0 Å². The minimum atomic E-state index is 0.101. The molecule has 0 N–H and O–H groups in total. The zero-order chi connectivity index (χ0) is 12.4. The Kier molecular flexibility index (Phi) is 3.44. The maximum atomic E-state index is 12.7. The van der Waals surface area contributed by atoms with E-state index in [0.717, 1.165) is 31.4 Å². The zero-order valence-corrected chi connectivity index (χ0v) is 10.9. The Balaban J connectivity index is 1.77. The van der Waals surface area contributed by atoms with Crippen LogP contribution in [-0.2, 0) is 11.2 Å². The number of nitrogens with zero attached hydrogens (tertiary/aromatic N) is 1. The first-order valence-corrected chi connectivity index (χ1v) is 7.34. The van der Waals surface area contributed by atoms with E-state index in [-0.39, 0.29) is 5.92 Å². The van der Waals surface area contributed by atoms with Crippen LogP contribution in [0.2, 0.25) is 0 Å². The van der Waals surface area contributed by atoms with Crippen LogP contribution in [0.1, 0.15) is 62.1 Å². The highest BCUT2D eigenvalue weighted by atomic mass is 16.1. The second-order valence-corrected chi connectivity index (χ2v) is 5.73. The Labute approximate surface area is 109 Å². The average molecular weight is 243 g/mol. The van der Waals surface area contributed by atoms with Crippen LogP contribution in [0, 0.1) is 5.92 Å². The summed E-state index contributed by atoms with van der Waals surface area (Å²) in [5.74, 6) is 0.893. The molecule has 2 aliphatic rings. The molecule has 1 atom stereocenters. The summed E-state index contributed by atoms with van der Waals surface area (Å²) in [6, 6.07) is 4.11. The third-order valence-corrected chi connectivity index (χ3v) is 4.56. The summed E-state index contributed by atoms with van der Waals surface area (Å²) >= 11 is 0. The maximum absolute atomic E-state index is 12.7. The highest BCUT2D eigenvalue weighted by Crippen LogP contribution is 2.36. The Bertz CT molecular complexity index is 432. The molecule has 96 valence electrons. The lowest BCUT2D eigenvalue weighted by molar-refractivity contribution is -0.124. The molecule has 0 radical (unpaired) electrons. The summed E-state index contributed by atoms with van der Waals surface area (Å²) in [5, 5.41) is 0. The molecule has 1 saturated carbocycles. The van der Waals surface area contributed by atoms with Crippen LogP contribution in [0.5, 0.6) is 0 Å². The van der Waals surface area contributed by atoms with E-state index in [1.807, 2.05) is 12.3 Å². The predicted molar refractivity (Wildman–Crippen MR) is 71.5 cm³/mol. The number of aryl methyl sites for hydroxylation is 1. The van der Waals surface area contributed by atoms with Gasteiger partial charge in [-0.15, -0.1) is 0 Å². The quantitative estimate of drug-likeness (QED) is 0.742. The van der Waals surface area contributed by atoms with E-state index >= 15 is 0 Å². The number of hydrogen-bond donors (Lipinski definition) is 0. The highest BCUT2D eigenvalue weighted by molar-refractivity contribution is 5.88. The lowest BCUT2D eigenvalue weighted by Gasteiger charge is -2.17. The van der Waals surface area contributed by atoms with Gasteiger partial charge in [0.15, 0.2) is 0 Å². The summed E-state index contributed by atoms with van der Waals surface area (Å²) in [6.07, 6.45) is 11.2. The van der Waals surface area contributed by atoms with E-state index in [1.165, 1.54) is 31.2 Å². The Hall–Kier alpha value is -1.18. The summed E-state index contributed by atoms with van der Waals surface area (Å²) in [6.45, 7) is 0. The van der Waals surface area contributed by atoms with Crippen molar-refractivity contribution in [1.29, 1.82) is 0 Å². The third kappa shape index (κ3) is 2.21. The van der Waals surface area contributed by atoms with Crippen molar-refractivity contribution in [3.05, 3.63) is 29.6 Å². The van der Waals surface area contributed by atoms with Gasteiger partial charge < -0.3 is 0 Å². The number of ketones is 1. The minimum Gasteiger partial charge on any atom is -0.299 e. The van der Waals surface area contributed by atoms with Gasteiger partial charge in [-0.2, -0.15) is 0 Å². The van der Waals surface area contributed by atoms with Crippen LogP contribution in [0.25, 0.3) is 0 Å². The molecule has 0 amide bonds. The molecule has 2 heteroatoms. The average Bonchev–Trinajstić information content (AvgIpc) is 2.65. The SMILES string of the molecule is O=C(C1CCCCCC1)C1CCc2cccnc21. The number of rotatable bonds is 2. The summed E-state index contributed by atoms with van der Waals surface area (Å²) in [5.41, 5.74) is 2.37. The van der Waals surface area contributed by atoms with Crippen LogP contribution >= 0.6 is 0 Å². The zero-order valence-electron chi connectivity index (χ0n) is 10.9. The van der Waals surface area contributed by atoms with E-state index in [0.29, 0.717) is 11.7 Å². The van der Waals surface area contributed by atoms with Crippen LogP contribution in [0.15, 0.2) is 18.3 Å². The van der Waals surface area contributed by atoms with Gasteiger partial charge in [-0.05, 0) is 37.3 Å². The lowest BCUT2D eigenvalue weighted by atomic mass is 9.86. The summed E-state index contributed by atoms with van der Waals surface area (Å²) in [7, 11) is 0. The fourth-order valence-corrected chi connectivity index (χ4v) is 3.54. The minimum absolute atomic E-state index is 0.101. The molecule has 1 aromatic heterocycles. The van der Waals surface area contributed by atoms with E-state index in [9.17, 15) is 4.79 Å². The Morgan fingerprint density at radius 2 is 1.89 bits per heavy atom. The first-order valence-electron chi connectivity index (χ1n) is 7.34. The molecule has 1 fully saturated rings. The van der Waals surface area contributed by atoms with Crippen LogP contribution in [0.3, 0.4) is 0 Å². The molecule has 2 aliphatic carbocycles. The molecule has 1 aromatic rings. The monoisotopic (exact) mass is 243 g/mol. The number of pyridine rings is 1. The Morgan fingerprint density at radius 3 is 2.67 bits per heavy atom. The van der Waals surface area contributed by atoms with Crippen LogP contribution in [0.4, 0.5) is 0 Å². The predicted octanol–water partition coefficient (Wildman–Crippen LogP) is 3.65. The topological polar surface area (TPSA) is 30.0 Å². The molecular formula is C16H21NO. The number of fused-ring (bicyclic) bond motifs is 1. The largest absolute Gasteiger partial charge is 0.299 e. The molecule has 1 heterocycles. The van der Waals surface area contributed by atoms with Gasteiger partial charge in [-0.3, -0.25) is 9.78 Å². The number of Topliss-reactive ketones (excluding diaryl/α,β-unsaturated/α-hetero) is 1. The second kappa shape index (κ2) is 5.21. The van der Waals surface area contributed by atoms with Crippen molar-refractivity contribution in [2.24, 2.45) is 5.92 Å². The third-order valence-electron chi connectivity index (χ3n) is 4.56. The van der Waals surface area contributed by atoms with E-state index in [4.69, 9.17) is 0 Å². The van der Waals surface area contributed by atoms with E-state index < -0.39 is 0 Å². The van der Waals surface area contributed by atoms with Gasteiger partial charge in [0, 0.05) is 12.1 Å². The standard InChI is InChI=1S/C16H21NO/c18-16(13-6-3-1-2-4-7-13)14-10-9-12-8-5-11-17-15(12)14/h5,8,11,13-14H,1-4,6-7,9-10H2. The smallest absolute Gasteiger partial charge is 0.145 e. The normalized spacial score (nSPS) is 24.6. The second-order valence-electron chi connectivity index (χ2n) is 5.73. The number of carbonyl (C=O) groups excluding carboxylic acids is 1. The molecule has 1 unspecified atom stereocenters. The van der Waals surface area contributed by atoms with Gasteiger partial charge in [0.1, 0.15) is 5.78 Å². The maximum Gasteiger partial charge on any atom is 0.145 e. The van der Waals surface area contributed by atoms with Gasteiger partial charge in [0.05, 0.1) is 11.6 Å². The molecule has 0 saturated heterocycles. The van der Waals surface area contributed by atoms with Crippen LogP contribution in [-0.4, -0.2) is 10.8 Å². The molecule has 3 rings (SSSR count). The summed E-state index contributed by atoms with van der Waals surface area (Å²) < 4.78 is 0. The van der Waals surface area contributed by atoms with Crippen molar-refractivity contribution in [3.8, 4) is 0 Å². The summed E-state index contributed by atoms with van der Waals surface area (Å²) in [4.78, 5) is 17.1. The van der Waals surface area contributed by atoms with Crippen molar-refractivity contribution in [1.82, 2.24) is 4.98 Å².